The first-order chi connectivity index (χ1) is 7.66. The lowest BCUT2D eigenvalue weighted by molar-refractivity contribution is -0.173. The van der Waals surface area contributed by atoms with Gasteiger partial charge in [-0.25, -0.2) is 0 Å². The van der Waals surface area contributed by atoms with Crippen molar-refractivity contribution in [1.29, 1.82) is 0 Å². The Morgan fingerprint density at radius 3 is 2.29 bits per heavy atom. The molecule has 1 atom stereocenters. The Hall–Kier alpha value is -0.330. The van der Waals surface area contributed by atoms with Crippen LogP contribution in [-0.4, -0.2) is 44.7 Å². The summed E-state index contributed by atoms with van der Waals surface area (Å²) in [6.07, 6.45) is -3.47. The van der Waals surface area contributed by atoms with Gasteiger partial charge in [-0.15, -0.1) is 0 Å². The SMILES string of the molecule is COC(C)(C)CC(C)NCCOCC(F)(F)F. The molecule has 0 heterocycles. The van der Waals surface area contributed by atoms with Gasteiger partial charge >= 0.3 is 6.18 Å². The van der Waals surface area contributed by atoms with Gasteiger partial charge in [0.15, 0.2) is 0 Å². The average Bonchev–Trinajstić information content (AvgIpc) is 2.14. The zero-order chi connectivity index (χ0) is 13.5. The van der Waals surface area contributed by atoms with Gasteiger partial charge in [0.2, 0.25) is 0 Å². The van der Waals surface area contributed by atoms with E-state index in [-0.39, 0.29) is 18.2 Å². The third-order valence-corrected chi connectivity index (χ3v) is 2.36. The second-order valence-electron chi connectivity index (χ2n) is 4.69. The monoisotopic (exact) mass is 257 g/mol. The van der Waals surface area contributed by atoms with E-state index in [1.807, 2.05) is 20.8 Å². The fraction of sp³-hybridized carbons (Fsp3) is 1.00. The van der Waals surface area contributed by atoms with Crippen LogP contribution in [0.25, 0.3) is 0 Å². The van der Waals surface area contributed by atoms with Gasteiger partial charge in [0.05, 0.1) is 12.2 Å². The van der Waals surface area contributed by atoms with E-state index in [4.69, 9.17) is 4.74 Å². The third kappa shape index (κ3) is 10.5. The molecule has 6 heteroatoms. The highest BCUT2D eigenvalue weighted by atomic mass is 19.4. The van der Waals surface area contributed by atoms with E-state index in [1.165, 1.54) is 0 Å². The first kappa shape index (κ1) is 16.7. The van der Waals surface area contributed by atoms with Crippen LogP contribution >= 0.6 is 0 Å². The summed E-state index contributed by atoms with van der Waals surface area (Å²) in [5.41, 5.74) is -0.237. The smallest absolute Gasteiger partial charge is 0.379 e. The van der Waals surface area contributed by atoms with Crippen LogP contribution in [0.2, 0.25) is 0 Å². The molecule has 0 aromatic heterocycles. The Labute approximate surface area is 101 Å². The van der Waals surface area contributed by atoms with Crippen LogP contribution in [0.15, 0.2) is 0 Å². The summed E-state index contributed by atoms with van der Waals surface area (Å²) in [6, 6.07) is 0.166. The van der Waals surface area contributed by atoms with Crippen LogP contribution in [0.3, 0.4) is 0 Å². The molecule has 17 heavy (non-hydrogen) atoms. The highest BCUT2D eigenvalue weighted by Gasteiger charge is 2.27. The first-order valence-electron chi connectivity index (χ1n) is 5.59. The molecule has 0 saturated heterocycles. The number of halogens is 3. The maximum Gasteiger partial charge on any atom is 0.411 e. The summed E-state index contributed by atoms with van der Waals surface area (Å²) >= 11 is 0. The Balaban J connectivity index is 3.56. The normalized spacial score (nSPS) is 15.0. The van der Waals surface area contributed by atoms with Crippen molar-refractivity contribution < 1.29 is 22.6 Å². The Kier molecular flexibility index (Phi) is 7.04. The molecule has 0 amide bonds. The van der Waals surface area contributed by atoms with Crippen LogP contribution in [0, 0.1) is 0 Å². The number of hydrogen-bond donors (Lipinski definition) is 1. The van der Waals surface area contributed by atoms with Crippen molar-refractivity contribution in [2.75, 3.05) is 26.9 Å². The maximum atomic E-state index is 11.7. The van der Waals surface area contributed by atoms with Crippen LogP contribution in [0.1, 0.15) is 27.2 Å². The van der Waals surface area contributed by atoms with Crippen molar-refractivity contribution in [2.24, 2.45) is 0 Å². The van der Waals surface area contributed by atoms with E-state index < -0.39 is 12.8 Å². The topological polar surface area (TPSA) is 30.5 Å². The summed E-state index contributed by atoms with van der Waals surface area (Å²) in [5, 5.41) is 3.09. The van der Waals surface area contributed by atoms with Gasteiger partial charge in [-0.2, -0.15) is 13.2 Å². The van der Waals surface area contributed by atoms with Gasteiger partial charge in [0.25, 0.3) is 0 Å². The van der Waals surface area contributed by atoms with E-state index in [9.17, 15) is 13.2 Å². The average molecular weight is 257 g/mol. The number of nitrogens with one attached hydrogen (secondary N) is 1. The van der Waals surface area contributed by atoms with Crippen LogP contribution in [-0.2, 0) is 9.47 Å². The molecule has 0 spiro atoms. The van der Waals surface area contributed by atoms with Gasteiger partial charge in [0.1, 0.15) is 6.61 Å². The molecule has 0 aromatic carbocycles. The van der Waals surface area contributed by atoms with Gasteiger partial charge < -0.3 is 14.8 Å². The first-order valence-corrected chi connectivity index (χ1v) is 5.59. The molecule has 1 unspecified atom stereocenters. The van der Waals surface area contributed by atoms with Crippen LogP contribution in [0.5, 0.6) is 0 Å². The highest BCUT2D eigenvalue weighted by Crippen LogP contribution is 2.15. The summed E-state index contributed by atoms with van der Waals surface area (Å²) < 4.78 is 45.0. The highest BCUT2D eigenvalue weighted by molar-refractivity contribution is 4.75. The molecule has 0 fully saturated rings. The molecular weight excluding hydrogens is 235 g/mol. The van der Waals surface area contributed by atoms with Gasteiger partial charge in [-0.1, -0.05) is 0 Å². The lowest BCUT2D eigenvalue weighted by Crippen LogP contribution is -2.37. The van der Waals surface area contributed by atoms with E-state index >= 15 is 0 Å². The van der Waals surface area contributed by atoms with Gasteiger partial charge in [0, 0.05) is 19.7 Å². The predicted molar refractivity (Wildman–Crippen MR) is 60.0 cm³/mol. The Bertz CT molecular complexity index is 207. The maximum absolute atomic E-state index is 11.7. The number of rotatable bonds is 8. The fourth-order valence-electron chi connectivity index (χ4n) is 1.46. The fourth-order valence-corrected chi connectivity index (χ4v) is 1.46. The zero-order valence-corrected chi connectivity index (χ0v) is 10.9. The number of hydrogen-bond acceptors (Lipinski definition) is 3. The Morgan fingerprint density at radius 2 is 1.82 bits per heavy atom. The number of ether oxygens (including phenoxy) is 2. The van der Waals surface area contributed by atoms with E-state index in [1.54, 1.807) is 7.11 Å². The number of methoxy groups -OCH3 is 1. The molecule has 1 N–H and O–H groups in total. The number of alkyl halides is 3. The van der Waals surface area contributed by atoms with E-state index in [0.717, 1.165) is 6.42 Å². The van der Waals surface area contributed by atoms with Gasteiger partial charge in [-0.05, 0) is 27.2 Å². The molecule has 104 valence electrons. The second kappa shape index (κ2) is 7.18. The molecule has 0 aliphatic carbocycles. The molecule has 0 aromatic rings. The Morgan fingerprint density at radius 1 is 1.24 bits per heavy atom. The zero-order valence-electron chi connectivity index (χ0n) is 10.9. The van der Waals surface area contributed by atoms with Crippen LogP contribution < -0.4 is 5.32 Å². The van der Waals surface area contributed by atoms with Crippen molar-refractivity contribution in [3.63, 3.8) is 0 Å². The van der Waals surface area contributed by atoms with Crippen molar-refractivity contribution in [1.82, 2.24) is 5.32 Å². The minimum Gasteiger partial charge on any atom is -0.379 e. The van der Waals surface area contributed by atoms with E-state index in [2.05, 4.69) is 10.1 Å². The molecule has 0 rings (SSSR count). The summed E-state index contributed by atoms with van der Waals surface area (Å²) in [7, 11) is 1.64. The summed E-state index contributed by atoms with van der Waals surface area (Å²) in [5.74, 6) is 0. The molecule has 0 aliphatic heterocycles. The third-order valence-electron chi connectivity index (χ3n) is 2.36. The van der Waals surface area contributed by atoms with Crippen molar-refractivity contribution in [2.45, 2.75) is 45.0 Å². The lowest BCUT2D eigenvalue weighted by Gasteiger charge is -2.27. The van der Waals surface area contributed by atoms with Crippen molar-refractivity contribution >= 4 is 0 Å². The van der Waals surface area contributed by atoms with E-state index in [0.29, 0.717) is 6.54 Å². The predicted octanol–water partition coefficient (Wildman–Crippen LogP) is 2.36. The molecular formula is C11H22F3NO2. The lowest BCUT2D eigenvalue weighted by atomic mass is 10.00. The minimum atomic E-state index is -4.25. The quantitative estimate of drug-likeness (QED) is 0.677. The molecule has 0 bridgehead atoms. The standard InChI is InChI=1S/C11H22F3NO2/c1-9(7-10(2,3)16-4)15-5-6-17-8-11(12,13)14/h9,15H,5-8H2,1-4H3. The molecule has 0 aliphatic rings. The molecule has 0 radical (unpaired) electrons. The minimum absolute atomic E-state index is 0.0528. The molecule has 3 nitrogen and oxygen atoms in total. The largest absolute Gasteiger partial charge is 0.411 e. The summed E-state index contributed by atoms with van der Waals surface area (Å²) in [4.78, 5) is 0. The van der Waals surface area contributed by atoms with Gasteiger partial charge in [-0.3, -0.25) is 0 Å². The van der Waals surface area contributed by atoms with Crippen molar-refractivity contribution in [3.05, 3.63) is 0 Å². The van der Waals surface area contributed by atoms with Crippen molar-refractivity contribution in [3.8, 4) is 0 Å². The second-order valence-corrected chi connectivity index (χ2v) is 4.69. The van der Waals surface area contributed by atoms with Crippen LogP contribution in [0.4, 0.5) is 13.2 Å². The summed E-state index contributed by atoms with van der Waals surface area (Å²) in [6.45, 7) is 5.15. The molecule has 0 saturated carbocycles.